The molecule has 176 valence electrons. The van der Waals surface area contributed by atoms with Gasteiger partial charge in [0.15, 0.2) is 11.6 Å². The zero-order valence-electron chi connectivity index (χ0n) is 18.9. The topological polar surface area (TPSA) is 112 Å². The molecule has 9 nitrogen and oxygen atoms in total. The Balaban J connectivity index is 1.38. The highest BCUT2D eigenvalue weighted by Gasteiger charge is 2.22. The summed E-state index contributed by atoms with van der Waals surface area (Å²) >= 11 is 0. The van der Waals surface area contributed by atoms with E-state index in [1.54, 1.807) is 37.3 Å². The number of aromatic nitrogens is 5. The first-order valence-corrected chi connectivity index (χ1v) is 11.4. The number of amides is 1. The number of pyridine rings is 1. The lowest BCUT2D eigenvalue weighted by Gasteiger charge is -2.11. The maximum absolute atomic E-state index is 14.8. The number of nitrogens with zero attached hydrogens (tertiary/aromatic N) is 5. The third kappa shape index (κ3) is 3.76. The number of rotatable bonds is 4. The fraction of sp³-hybridized carbons (Fsp3) is 0.240. The summed E-state index contributed by atoms with van der Waals surface area (Å²) in [6.07, 6.45) is 5.63. The first-order valence-electron chi connectivity index (χ1n) is 11.4. The van der Waals surface area contributed by atoms with Crippen LogP contribution in [0.4, 0.5) is 10.1 Å². The number of nitrogens with one attached hydrogen (secondary N) is 1. The molecule has 0 bridgehead atoms. The monoisotopic (exact) mass is 472 g/mol. The lowest BCUT2D eigenvalue weighted by Crippen LogP contribution is -2.14. The summed E-state index contributed by atoms with van der Waals surface area (Å²) in [5.41, 5.74) is 2.08. The number of aryl methyl sites for hydroxylation is 2. The molecule has 1 aliphatic heterocycles. The SMILES string of the molecule is Cc1noc2nc(-c3ccco3)cc(C(=O)Nc3cc(-c4nnc5n4CCCCC5)ccc3F)c12. The summed E-state index contributed by atoms with van der Waals surface area (Å²) in [6, 6.07) is 9.59. The molecule has 0 saturated carbocycles. The quantitative estimate of drug-likeness (QED) is 0.384. The summed E-state index contributed by atoms with van der Waals surface area (Å²) in [5, 5.41) is 15.8. The van der Waals surface area contributed by atoms with Gasteiger partial charge in [0, 0.05) is 18.5 Å². The van der Waals surface area contributed by atoms with Crippen molar-refractivity contribution in [1.29, 1.82) is 0 Å². The summed E-state index contributed by atoms with van der Waals surface area (Å²) in [7, 11) is 0. The summed E-state index contributed by atoms with van der Waals surface area (Å²) < 4.78 is 27.6. The van der Waals surface area contributed by atoms with Crippen molar-refractivity contribution >= 4 is 22.7 Å². The Kier molecular flexibility index (Phi) is 5.13. The molecule has 0 fully saturated rings. The Labute approximate surface area is 199 Å². The number of carbonyl (C=O) groups excluding carboxylic acids is 1. The second kappa shape index (κ2) is 8.46. The van der Waals surface area contributed by atoms with E-state index in [4.69, 9.17) is 8.94 Å². The molecule has 35 heavy (non-hydrogen) atoms. The number of halogens is 1. The molecule has 5 aromatic rings. The number of benzene rings is 1. The molecule has 6 rings (SSSR count). The summed E-state index contributed by atoms with van der Waals surface area (Å²) in [6.45, 7) is 2.53. The van der Waals surface area contributed by atoms with Crippen molar-refractivity contribution < 1.29 is 18.1 Å². The van der Waals surface area contributed by atoms with Crippen molar-refractivity contribution in [3.8, 4) is 22.8 Å². The average Bonchev–Trinajstić information content (AvgIpc) is 3.58. The van der Waals surface area contributed by atoms with Crippen LogP contribution in [0.2, 0.25) is 0 Å². The second-order valence-corrected chi connectivity index (χ2v) is 8.53. The fourth-order valence-electron chi connectivity index (χ4n) is 4.47. The first-order chi connectivity index (χ1) is 17.1. The highest BCUT2D eigenvalue weighted by atomic mass is 19.1. The Hall–Kier alpha value is -4.34. The van der Waals surface area contributed by atoms with Crippen molar-refractivity contribution in [2.24, 2.45) is 0 Å². The number of furan rings is 1. The molecule has 1 aliphatic rings. The predicted octanol–water partition coefficient (Wildman–Crippen LogP) is 5.17. The minimum absolute atomic E-state index is 0.0390. The molecule has 0 unspecified atom stereocenters. The lowest BCUT2D eigenvalue weighted by atomic mass is 10.1. The van der Waals surface area contributed by atoms with Crippen molar-refractivity contribution in [2.75, 3.05) is 5.32 Å². The molecule has 10 heteroatoms. The van der Waals surface area contributed by atoms with Crippen LogP contribution in [0.3, 0.4) is 0 Å². The van der Waals surface area contributed by atoms with Gasteiger partial charge in [0.1, 0.15) is 17.3 Å². The number of fused-ring (bicyclic) bond motifs is 2. The van der Waals surface area contributed by atoms with E-state index in [-0.39, 0.29) is 17.0 Å². The van der Waals surface area contributed by atoms with Crippen LogP contribution < -0.4 is 5.32 Å². The highest BCUT2D eigenvalue weighted by molar-refractivity contribution is 6.13. The van der Waals surface area contributed by atoms with E-state index in [1.807, 2.05) is 0 Å². The lowest BCUT2D eigenvalue weighted by molar-refractivity contribution is 0.102. The smallest absolute Gasteiger partial charge is 0.259 e. The molecule has 0 atom stereocenters. The van der Waals surface area contributed by atoms with E-state index >= 15 is 0 Å². The first kappa shape index (κ1) is 21.2. The van der Waals surface area contributed by atoms with Crippen molar-refractivity contribution in [2.45, 2.75) is 39.2 Å². The van der Waals surface area contributed by atoms with Crippen LogP contribution in [0.5, 0.6) is 0 Å². The van der Waals surface area contributed by atoms with Gasteiger partial charge in [0.25, 0.3) is 11.6 Å². The maximum Gasteiger partial charge on any atom is 0.259 e. The maximum atomic E-state index is 14.8. The van der Waals surface area contributed by atoms with Crippen LogP contribution in [-0.4, -0.2) is 30.8 Å². The molecule has 0 saturated heterocycles. The van der Waals surface area contributed by atoms with Gasteiger partial charge in [0.05, 0.1) is 28.6 Å². The minimum Gasteiger partial charge on any atom is -0.463 e. The average molecular weight is 472 g/mol. The van der Waals surface area contributed by atoms with Crippen LogP contribution in [-0.2, 0) is 13.0 Å². The van der Waals surface area contributed by atoms with E-state index in [0.29, 0.717) is 33.9 Å². The van der Waals surface area contributed by atoms with Gasteiger partial charge >= 0.3 is 0 Å². The van der Waals surface area contributed by atoms with Crippen molar-refractivity contribution in [3.05, 3.63) is 65.6 Å². The molecule has 1 amide bonds. The van der Waals surface area contributed by atoms with Crippen molar-refractivity contribution in [3.63, 3.8) is 0 Å². The van der Waals surface area contributed by atoms with E-state index in [1.165, 1.54) is 12.3 Å². The largest absolute Gasteiger partial charge is 0.463 e. The Morgan fingerprint density at radius 1 is 1.14 bits per heavy atom. The highest BCUT2D eigenvalue weighted by Crippen LogP contribution is 2.30. The van der Waals surface area contributed by atoms with Crippen LogP contribution in [0.25, 0.3) is 33.9 Å². The van der Waals surface area contributed by atoms with E-state index in [0.717, 1.165) is 38.1 Å². The van der Waals surface area contributed by atoms with Crippen LogP contribution in [0.1, 0.15) is 41.1 Å². The Morgan fingerprint density at radius 2 is 2.06 bits per heavy atom. The molecular formula is C25H21FN6O3. The molecule has 1 N–H and O–H groups in total. The van der Waals surface area contributed by atoms with Gasteiger partial charge < -0.3 is 18.8 Å². The Morgan fingerprint density at radius 3 is 2.91 bits per heavy atom. The molecule has 5 heterocycles. The van der Waals surface area contributed by atoms with Gasteiger partial charge in [-0.2, -0.15) is 0 Å². The normalized spacial score (nSPS) is 13.5. The van der Waals surface area contributed by atoms with Gasteiger partial charge in [-0.15, -0.1) is 10.2 Å². The third-order valence-corrected chi connectivity index (χ3v) is 6.22. The van der Waals surface area contributed by atoms with Gasteiger partial charge in [0.2, 0.25) is 0 Å². The van der Waals surface area contributed by atoms with Gasteiger partial charge in [-0.05, 0) is 56.2 Å². The van der Waals surface area contributed by atoms with Gasteiger partial charge in [-0.3, -0.25) is 4.79 Å². The van der Waals surface area contributed by atoms with Crippen LogP contribution in [0, 0.1) is 12.7 Å². The van der Waals surface area contributed by atoms with Crippen LogP contribution in [0.15, 0.2) is 51.6 Å². The van der Waals surface area contributed by atoms with E-state index < -0.39 is 11.7 Å². The molecular weight excluding hydrogens is 451 g/mol. The standard InChI is InChI=1S/C25H21FN6O3/c1-14-22-16(13-19(20-6-5-11-34-20)28-25(22)35-31-14)24(33)27-18-12-15(8-9-17(18)26)23-30-29-21-7-3-2-4-10-32(21)23/h5-6,8-9,11-13H,2-4,7,10H2,1H3,(H,27,33). The molecule has 0 spiro atoms. The fourth-order valence-corrected chi connectivity index (χ4v) is 4.47. The number of hydrogen-bond acceptors (Lipinski definition) is 7. The third-order valence-electron chi connectivity index (χ3n) is 6.22. The second-order valence-electron chi connectivity index (χ2n) is 8.53. The van der Waals surface area contributed by atoms with Crippen LogP contribution >= 0.6 is 0 Å². The zero-order valence-corrected chi connectivity index (χ0v) is 18.9. The number of carbonyl (C=O) groups is 1. The van der Waals surface area contributed by atoms with Gasteiger partial charge in [-0.1, -0.05) is 11.6 Å². The molecule has 0 radical (unpaired) electrons. The predicted molar refractivity (Wildman–Crippen MR) is 125 cm³/mol. The summed E-state index contributed by atoms with van der Waals surface area (Å²) in [4.78, 5) is 17.8. The van der Waals surface area contributed by atoms with Gasteiger partial charge in [-0.25, -0.2) is 9.37 Å². The number of anilines is 1. The molecule has 1 aromatic carbocycles. The van der Waals surface area contributed by atoms with E-state index in [2.05, 4.69) is 30.2 Å². The molecule has 0 aliphatic carbocycles. The molecule has 4 aromatic heterocycles. The van der Waals surface area contributed by atoms with Crippen molar-refractivity contribution in [1.82, 2.24) is 24.9 Å². The van der Waals surface area contributed by atoms with E-state index in [9.17, 15) is 9.18 Å². The minimum atomic E-state index is -0.559. The number of hydrogen-bond donors (Lipinski definition) is 1. The zero-order chi connectivity index (χ0) is 23.9. The summed E-state index contributed by atoms with van der Waals surface area (Å²) in [5.74, 6) is 0.985. The Bertz CT molecular complexity index is 1550.